The maximum atomic E-state index is 11.7. The van der Waals surface area contributed by atoms with Crippen LogP contribution in [0.4, 0.5) is 0 Å². The van der Waals surface area contributed by atoms with Gasteiger partial charge in [-0.15, -0.1) is 0 Å². The molecule has 1 saturated carbocycles. The first-order valence-corrected chi connectivity index (χ1v) is 4.99. The zero-order chi connectivity index (χ0) is 11.1. The van der Waals surface area contributed by atoms with Crippen molar-refractivity contribution in [1.29, 1.82) is 0 Å². The third kappa shape index (κ3) is 2.09. The second-order valence-corrected chi connectivity index (χ2v) is 4.65. The average Bonchev–Trinajstić information content (AvgIpc) is 2.73. The first-order chi connectivity index (χ1) is 6.99. The molecule has 1 aliphatic rings. The summed E-state index contributed by atoms with van der Waals surface area (Å²) in [5, 5.41) is 2.88. The molecule has 15 heavy (non-hydrogen) atoms. The second kappa shape index (κ2) is 3.22. The highest BCUT2D eigenvalue weighted by atomic mass is 16.2. The minimum Gasteiger partial charge on any atom is -0.347 e. The van der Waals surface area contributed by atoms with E-state index in [1.54, 1.807) is 12.1 Å². The van der Waals surface area contributed by atoms with Crippen molar-refractivity contribution < 1.29 is 4.79 Å². The molecule has 0 bridgehead atoms. The van der Waals surface area contributed by atoms with Gasteiger partial charge in [0.25, 0.3) is 5.91 Å². The molecule has 0 saturated heterocycles. The summed E-state index contributed by atoms with van der Waals surface area (Å²) >= 11 is 0. The van der Waals surface area contributed by atoms with Crippen molar-refractivity contribution in [2.45, 2.75) is 26.3 Å². The van der Waals surface area contributed by atoms with E-state index in [1.165, 1.54) is 6.07 Å². The summed E-state index contributed by atoms with van der Waals surface area (Å²) < 4.78 is 0. The third-order valence-corrected chi connectivity index (χ3v) is 2.83. The number of pyridine rings is 1. The van der Waals surface area contributed by atoms with Crippen LogP contribution >= 0.6 is 0 Å². The first-order valence-electron chi connectivity index (χ1n) is 4.99. The van der Waals surface area contributed by atoms with Crippen molar-refractivity contribution in [1.82, 2.24) is 10.3 Å². The Bertz CT molecular complexity index is 448. The highest BCUT2D eigenvalue weighted by Crippen LogP contribution is 2.44. The number of amides is 1. The van der Waals surface area contributed by atoms with Crippen LogP contribution in [0.5, 0.6) is 0 Å². The number of carbonyl (C=O) groups excluding carboxylic acids is 1. The highest BCUT2D eigenvalue weighted by molar-refractivity contribution is 5.92. The van der Waals surface area contributed by atoms with E-state index in [0.717, 1.165) is 6.42 Å². The SMILES string of the molecule is CC1(C)CC1NC(=O)c1cccc(=O)[nH]1. The molecular formula is C11H14N2O2. The number of H-pyrrole nitrogens is 1. The van der Waals surface area contributed by atoms with E-state index in [-0.39, 0.29) is 22.9 Å². The lowest BCUT2D eigenvalue weighted by atomic mass is 10.2. The van der Waals surface area contributed by atoms with Gasteiger partial charge in [-0.1, -0.05) is 19.9 Å². The zero-order valence-corrected chi connectivity index (χ0v) is 8.83. The van der Waals surface area contributed by atoms with Crippen molar-refractivity contribution in [3.63, 3.8) is 0 Å². The van der Waals surface area contributed by atoms with E-state index in [2.05, 4.69) is 24.1 Å². The number of aromatic nitrogens is 1. The fourth-order valence-electron chi connectivity index (χ4n) is 1.53. The van der Waals surface area contributed by atoms with Gasteiger partial charge in [-0.25, -0.2) is 0 Å². The number of aromatic amines is 1. The summed E-state index contributed by atoms with van der Waals surface area (Å²) in [6.07, 6.45) is 0.996. The maximum absolute atomic E-state index is 11.7. The number of hydrogen-bond donors (Lipinski definition) is 2. The van der Waals surface area contributed by atoms with Gasteiger partial charge < -0.3 is 10.3 Å². The molecule has 1 unspecified atom stereocenters. The molecule has 4 nitrogen and oxygen atoms in total. The van der Waals surface area contributed by atoms with Gasteiger partial charge in [-0.05, 0) is 17.9 Å². The molecule has 4 heteroatoms. The third-order valence-electron chi connectivity index (χ3n) is 2.83. The minimum atomic E-state index is -0.252. The Balaban J connectivity index is 2.06. The van der Waals surface area contributed by atoms with E-state index in [0.29, 0.717) is 5.69 Å². The molecule has 1 atom stereocenters. The van der Waals surface area contributed by atoms with Crippen LogP contribution in [0.3, 0.4) is 0 Å². The molecule has 1 fully saturated rings. The van der Waals surface area contributed by atoms with Crippen molar-refractivity contribution >= 4 is 5.91 Å². The smallest absolute Gasteiger partial charge is 0.268 e. The van der Waals surface area contributed by atoms with Crippen LogP contribution in [0.2, 0.25) is 0 Å². The Labute approximate surface area is 87.7 Å². The summed E-state index contributed by atoms with van der Waals surface area (Å²) in [5.41, 5.74) is 0.271. The van der Waals surface area contributed by atoms with Gasteiger partial charge in [-0.3, -0.25) is 9.59 Å². The molecule has 0 aromatic carbocycles. The first kappa shape index (κ1) is 9.96. The standard InChI is InChI=1S/C11H14N2O2/c1-11(2)6-8(11)13-10(15)7-4-3-5-9(14)12-7/h3-5,8H,6H2,1-2H3,(H,12,14)(H,13,15). The van der Waals surface area contributed by atoms with Crippen molar-refractivity contribution in [2.75, 3.05) is 0 Å². The Morgan fingerprint density at radius 3 is 2.73 bits per heavy atom. The summed E-state index contributed by atoms with van der Waals surface area (Å²) in [6.45, 7) is 4.21. The molecule has 1 aromatic rings. The fraction of sp³-hybridized carbons (Fsp3) is 0.455. The highest BCUT2D eigenvalue weighted by Gasteiger charge is 2.46. The number of carbonyl (C=O) groups is 1. The Kier molecular flexibility index (Phi) is 2.14. The van der Waals surface area contributed by atoms with Gasteiger partial charge >= 0.3 is 0 Å². The lowest BCUT2D eigenvalue weighted by Gasteiger charge is -2.06. The molecule has 1 amide bonds. The van der Waals surface area contributed by atoms with Crippen molar-refractivity contribution in [3.05, 3.63) is 34.2 Å². The predicted molar refractivity (Wildman–Crippen MR) is 56.7 cm³/mol. The van der Waals surface area contributed by atoms with Gasteiger partial charge in [0.05, 0.1) is 0 Å². The average molecular weight is 206 g/mol. The van der Waals surface area contributed by atoms with Gasteiger partial charge in [-0.2, -0.15) is 0 Å². The Hall–Kier alpha value is -1.58. The predicted octanol–water partition coefficient (Wildman–Crippen LogP) is 0.903. The molecular weight excluding hydrogens is 192 g/mol. The number of rotatable bonds is 2. The lowest BCUT2D eigenvalue weighted by molar-refractivity contribution is 0.0941. The molecule has 0 spiro atoms. The van der Waals surface area contributed by atoms with E-state index in [4.69, 9.17) is 0 Å². The molecule has 2 rings (SSSR count). The topological polar surface area (TPSA) is 62.0 Å². The van der Waals surface area contributed by atoms with Gasteiger partial charge in [0.2, 0.25) is 5.56 Å². The van der Waals surface area contributed by atoms with Gasteiger partial charge in [0, 0.05) is 12.1 Å². The normalized spacial score (nSPS) is 22.1. The molecule has 0 radical (unpaired) electrons. The van der Waals surface area contributed by atoms with Crippen LogP contribution < -0.4 is 10.9 Å². The Morgan fingerprint density at radius 2 is 2.20 bits per heavy atom. The van der Waals surface area contributed by atoms with Crippen LogP contribution in [0.1, 0.15) is 30.8 Å². The quantitative estimate of drug-likeness (QED) is 0.755. The minimum absolute atomic E-state index is 0.199. The van der Waals surface area contributed by atoms with Crippen LogP contribution in [0.25, 0.3) is 0 Å². The molecule has 2 N–H and O–H groups in total. The molecule has 1 heterocycles. The van der Waals surface area contributed by atoms with Crippen LogP contribution in [-0.4, -0.2) is 16.9 Å². The maximum Gasteiger partial charge on any atom is 0.268 e. The van der Waals surface area contributed by atoms with E-state index in [1.807, 2.05) is 0 Å². The lowest BCUT2D eigenvalue weighted by Crippen LogP contribution is -2.30. The van der Waals surface area contributed by atoms with Gasteiger partial charge in [0.1, 0.15) is 5.69 Å². The second-order valence-electron chi connectivity index (χ2n) is 4.65. The molecule has 1 aromatic heterocycles. The summed E-state index contributed by atoms with van der Waals surface area (Å²) in [4.78, 5) is 25.1. The largest absolute Gasteiger partial charge is 0.347 e. The summed E-state index contributed by atoms with van der Waals surface area (Å²) in [6, 6.07) is 4.80. The summed E-state index contributed by atoms with van der Waals surface area (Å²) in [7, 11) is 0. The van der Waals surface area contributed by atoms with Gasteiger partial charge in [0.15, 0.2) is 0 Å². The molecule has 0 aliphatic heterocycles. The van der Waals surface area contributed by atoms with E-state index >= 15 is 0 Å². The molecule has 80 valence electrons. The summed E-state index contributed by atoms with van der Waals surface area (Å²) in [5.74, 6) is -0.205. The zero-order valence-electron chi connectivity index (χ0n) is 8.83. The number of nitrogens with one attached hydrogen (secondary N) is 2. The van der Waals surface area contributed by atoms with Crippen molar-refractivity contribution in [3.8, 4) is 0 Å². The van der Waals surface area contributed by atoms with Crippen LogP contribution in [0, 0.1) is 5.41 Å². The Morgan fingerprint density at radius 1 is 1.53 bits per heavy atom. The monoisotopic (exact) mass is 206 g/mol. The molecule has 1 aliphatic carbocycles. The van der Waals surface area contributed by atoms with Crippen LogP contribution in [-0.2, 0) is 0 Å². The van der Waals surface area contributed by atoms with E-state index in [9.17, 15) is 9.59 Å². The fourth-order valence-corrected chi connectivity index (χ4v) is 1.53. The van der Waals surface area contributed by atoms with Crippen LogP contribution in [0.15, 0.2) is 23.0 Å². The van der Waals surface area contributed by atoms with Crippen molar-refractivity contribution in [2.24, 2.45) is 5.41 Å². The van der Waals surface area contributed by atoms with E-state index < -0.39 is 0 Å². The number of hydrogen-bond acceptors (Lipinski definition) is 2.